The van der Waals surface area contributed by atoms with E-state index in [1.807, 2.05) is 18.2 Å². The van der Waals surface area contributed by atoms with Gasteiger partial charge in [-0.2, -0.15) is 4.39 Å². The molecule has 1 saturated carbocycles. The van der Waals surface area contributed by atoms with Gasteiger partial charge in [-0.3, -0.25) is 0 Å². The molecule has 40 heavy (non-hydrogen) atoms. The lowest BCUT2D eigenvalue weighted by atomic mass is 9.71. The van der Waals surface area contributed by atoms with Crippen LogP contribution in [0.5, 0.6) is 11.5 Å². The summed E-state index contributed by atoms with van der Waals surface area (Å²) >= 11 is 0. The summed E-state index contributed by atoms with van der Waals surface area (Å²) in [5, 5.41) is 0. The van der Waals surface area contributed by atoms with E-state index in [0.29, 0.717) is 24.2 Å². The molecule has 1 unspecified atom stereocenters. The molecule has 2 aromatic rings. The predicted molar refractivity (Wildman–Crippen MR) is 159 cm³/mol. The molecule has 0 N–H and O–H groups in total. The van der Waals surface area contributed by atoms with Gasteiger partial charge in [-0.05, 0) is 73.3 Å². The molecule has 3 rings (SSSR count). The van der Waals surface area contributed by atoms with E-state index in [9.17, 15) is 13.6 Å². The van der Waals surface area contributed by atoms with Gasteiger partial charge in [0.05, 0.1) is 12.2 Å². The standard InChI is InChI=1S/C35H48F2O3/c1-4-7-9-10-12-25-39-32-24-23-31(33(36)34(32)37)35(38)40-29-21-19-28(20-22-29)30(13-6-3)27-17-15-26(16-18-27)14-11-8-5-2/h6,19-24,26-27,30H,3-5,7-18,25H2,1-2H3. The number of allylic oxidation sites excluding steroid dienone is 1. The highest BCUT2D eigenvalue weighted by Crippen LogP contribution is 2.42. The normalized spacial score (nSPS) is 17.8. The molecule has 0 heterocycles. The second-order valence-electron chi connectivity index (χ2n) is 11.4. The average Bonchev–Trinajstić information content (AvgIpc) is 2.97. The monoisotopic (exact) mass is 554 g/mol. The molecule has 1 atom stereocenters. The second kappa shape index (κ2) is 17.2. The maximum atomic E-state index is 14.7. The molecule has 0 bridgehead atoms. The van der Waals surface area contributed by atoms with Crippen molar-refractivity contribution in [3.05, 3.63) is 71.8 Å². The Morgan fingerprint density at radius 2 is 1.57 bits per heavy atom. The number of esters is 1. The third kappa shape index (κ3) is 9.45. The van der Waals surface area contributed by atoms with Gasteiger partial charge >= 0.3 is 5.97 Å². The summed E-state index contributed by atoms with van der Waals surface area (Å²) in [4.78, 5) is 12.7. The van der Waals surface area contributed by atoms with Crippen LogP contribution in [0.1, 0.15) is 126 Å². The van der Waals surface area contributed by atoms with E-state index >= 15 is 0 Å². The number of hydrogen-bond acceptors (Lipinski definition) is 3. The third-order valence-electron chi connectivity index (χ3n) is 8.39. The molecule has 220 valence electrons. The van der Waals surface area contributed by atoms with E-state index < -0.39 is 23.2 Å². The number of unbranched alkanes of at least 4 members (excludes halogenated alkanes) is 6. The van der Waals surface area contributed by atoms with E-state index in [-0.39, 0.29) is 5.75 Å². The molecule has 0 spiro atoms. The molecule has 0 aliphatic heterocycles. The van der Waals surface area contributed by atoms with Crippen molar-refractivity contribution in [1.82, 2.24) is 0 Å². The molecular weight excluding hydrogens is 506 g/mol. The van der Waals surface area contributed by atoms with Crippen molar-refractivity contribution in [2.24, 2.45) is 11.8 Å². The van der Waals surface area contributed by atoms with Crippen LogP contribution in [0.15, 0.2) is 49.1 Å². The van der Waals surface area contributed by atoms with Crippen molar-refractivity contribution in [3.8, 4) is 11.5 Å². The maximum absolute atomic E-state index is 14.7. The summed E-state index contributed by atoms with van der Waals surface area (Å²) in [6.07, 6.45) is 18.4. The topological polar surface area (TPSA) is 35.5 Å². The molecule has 1 aliphatic carbocycles. The number of benzene rings is 2. The van der Waals surface area contributed by atoms with Crippen LogP contribution < -0.4 is 9.47 Å². The first kappa shape index (κ1) is 31.8. The van der Waals surface area contributed by atoms with Gasteiger partial charge in [-0.15, -0.1) is 6.58 Å². The van der Waals surface area contributed by atoms with Crippen LogP contribution >= 0.6 is 0 Å². The van der Waals surface area contributed by atoms with Gasteiger partial charge in [-0.1, -0.05) is 96.3 Å². The first-order valence-corrected chi connectivity index (χ1v) is 15.5. The van der Waals surface area contributed by atoms with Gasteiger partial charge in [0, 0.05) is 0 Å². The number of carbonyl (C=O) groups is 1. The SMILES string of the molecule is C=CCC(c1ccc(OC(=O)c2ccc(OCCCCCCC)c(F)c2F)cc1)C1CCC(CCCCC)CC1. The van der Waals surface area contributed by atoms with Gasteiger partial charge in [0.1, 0.15) is 5.75 Å². The Labute approximate surface area is 240 Å². The van der Waals surface area contributed by atoms with Crippen molar-refractivity contribution >= 4 is 5.97 Å². The van der Waals surface area contributed by atoms with Gasteiger partial charge in [0.15, 0.2) is 11.6 Å². The van der Waals surface area contributed by atoms with Gasteiger partial charge in [0.2, 0.25) is 5.82 Å². The Morgan fingerprint density at radius 3 is 2.25 bits per heavy atom. The van der Waals surface area contributed by atoms with Crippen molar-refractivity contribution in [3.63, 3.8) is 0 Å². The van der Waals surface area contributed by atoms with E-state index in [0.717, 1.165) is 44.4 Å². The Hall–Kier alpha value is -2.69. The predicted octanol–water partition coefficient (Wildman–Crippen LogP) is 10.6. The molecule has 0 radical (unpaired) electrons. The lowest BCUT2D eigenvalue weighted by Crippen LogP contribution is -2.20. The third-order valence-corrected chi connectivity index (χ3v) is 8.39. The number of ether oxygens (including phenoxy) is 2. The first-order chi connectivity index (χ1) is 19.5. The minimum atomic E-state index is -1.25. The van der Waals surface area contributed by atoms with E-state index in [1.165, 1.54) is 69.1 Å². The summed E-state index contributed by atoms with van der Waals surface area (Å²) in [6, 6.07) is 9.97. The molecule has 1 aliphatic rings. The Balaban J connectivity index is 1.56. The smallest absolute Gasteiger partial charge is 0.346 e. The van der Waals surface area contributed by atoms with Gasteiger partial charge in [-0.25, -0.2) is 9.18 Å². The first-order valence-electron chi connectivity index (χ1n) is 15.5. The van der Waals surface area contributed by atoms with Crippen LogP contribution in [0.3, 0.4) is 0 Å². The Morgan fingerprint density at radius 1 is 0.900 bits per heavy atom. The number of hydrogen-bond donors (Lipinski definition) is 0. The Kier molecular flexibility index (Phi) is 13.7. The highest BCUT2D eigenvalue weighted by atomic mass is 19.2. The number of rotatable bonds is 17. The fraction of sp³-hybridized carbons (Fsp3) is 0.571. The molecule has 0 saturated heterocycles. The van der Waals surface area contributed by atoms with Crippen molar-refractivity contribution in [2.75, 3.05) is 6.61 Å². The van der Waals surface area contributed by atoms with Crippen LogP contribution in [0.2, 0.25) is 0 Å². The molecule has 1 fully saturated rings. The summed E-state index contributed by atoms with van der Waals surface area (Å²) in [5.41, 5.74) is 0.750. The highest BCUT2D eigenvalue weighted by Gasteiger charge is 2.28. The second-order valence-corrected chi connectivity index (χ2v) is 11.4. The lowest BCUT2D eigenvalue weighted by Gasteiger charge is -2.34. The molecule has 3 nitrogen and oxygen atoms in total. The summed E-state index contributed by atoms with van der Waals surface area (Å²) in [6.45, 7) is 8.69. The minimum Gasteiger partial charge on any atom is -0.490 e. The van der Waals surface area contributed by atoms with E-state index in [4.69, 9.17) is 9.47 Å². The summed E-state index contributed by atoms with van der Waals surface area (Å²) in [7, 11) is 0. The summed E-state index contributed by atoms with van der Waals surface area (Å²) in [5.74, 6) is -1.37. The fourth-order valence-corrected chi connectivity index (χ4v) is 5.98. The van der Waals surface area contributed by atoms with Crippen LogP contribution in [0, 0.1) is 23.5 Å². The van der Waals surface area contributed by atoms with Gasteiger partial charge < -0.3 is 9.47 Å². The summed E-state index contributed by atoms with van der Waals surface area (Å²) < 4.78 is 40.1. The van der Waals surface area contributed by atoms with Crippen molar-refractivity contribution in [1.29, 1.82) is 0 Å². The number of carbonyl (C=O) groups excluding carboxylic acids is 1. The highest BCUT2D eigenvalue weighted by molar-refractivity contribution is 5.91. The Bertz CT molecular complexity index is 1040. The fourth-order valence-electron chi connectivity index (χ4n) is 5.98. The van der Waals surface area contributed by atoms with E-state index in [1.54, 1.807) is 12.1 Å². The van der Waals surface area contributed by atoms with Crippen LogP contribution in [0.4, 0.5) is 8.78 Å². The molecule has 0 amide bonds. The van der Waals surface area contributed by atoms with Crippen LogP contribution in [-0.2, 0) is 0 Å². The molecule has 0 aromatic heterocycles. The average molecular weight is 555 g/mol. The zero-order valence-electron chi connectivity index (χ0n) is 24.6. The maximum Gasteiger partial charge on any atom is 0.346 e. The molecule has 5 heteroatoms. The van der Waals surface area contributed by atoms with Gasteiger partial charge in [0.25, 0.3) is 0 Å². The quantitative estimate of drug-likeness (QED) is 0.0844. The van der Waals surface area contributed by atoms with Crippen LogP contribution in [0.25, 0.3) is 0 Å². The minimum absolute atomic E-state index is 0.183. The van der Waals surface area contributed by atoms with Crippen molar-refractivity contribution < 1.29 is 23.0 Å². The molecule has 2 aromatic carbocycles. The zero-order valence-corrected chi connectivity index (χ0v) is 24.6. The largest absolute Gasteiger partial charge is 0.490 e. The van der Waals surface area contributed by atoms with E-state index in [2.05, 4.69) is 20.4 Å². The van der Waals surface area contributed by atoms with Crippen molar-refractivity contribution in [2.45, 2.75) is 110 Å². The molecular formula is C35H48F2O3. The lowest BCUT2D eigenvalue weighted by molar-refractivity contribution is 0.0728. The zero-order chi connectivity index (χ0) is 28.7. The van der Waals surface area contributed by atoms with Crippen LogP contribution in [-0.4, -0.2) is 12.6 Å². The number of halogens is 2.